The van der Waals surface area contributed by atoms with Crippen molar-refractivity contribution in [2.75, 3.05) is 25.0 Å². The molecule has 4 heterocycles. The molecule has 8 heteroatoms. The molecular formula is C24H30N6O2. The highest BCUT2D eigenvalue weighted by molar-refractivity contribution is 6.05. The first-order chi connectivity index (χ1) is 15.4. The van der Waals surface area contributed by atoms with Gasteiger partial charge in [-0.05, 0) is 39.2 Å². The second-order valence-corrected chi connectivity index (χ2v) is 8.46. The first-order valence-electron chi connectivity index (χ1n) is 11.0. The zero-order valence-corrected chi connectivity index (χ0v) is 19.0. The van der Waals surface area contributed by atoms with Crippen LogP contribution >= 0.6 is 0 Å². The summed E-state index contributed by atoms with van der Waals surface area (Å²) >= 11 is 0. The van der Waals surface area contributed by atoms with Gasteiger partial charge in [0.05, 0.1) is 5.56 Å². The van der Waals surface area contributed by atoms with Crippen molar-refractivity contribution in [3.63, 3.8) is 0 Å². The largest absolute Gasteiger partial charge is 0.357 e. The average molecular weight is 435 g/mol. The van der Waals surface area contributed by atoms with Crippen molar-refractivity contribution in [2.24, 2.45) is 0 Å². The number of aromatic amines is 1. The average Bonchev–Trinajstić information content (AvgIpc) is 3.12. The fourth-order valence-electron chi connectivity index (χ4n) is 4.55. The predicted molar refractivity (Wildman–Crippen MR) is 126 cm³/mol. The standard InChI is InChI=1S/C24H30N6O2/c1-5-11-30-15-20(19-8-10-25-22(19)24(30)32)23(31)28(4)18-7-6-12-29(13-9-18)21-14-16(2)26-17(3)27-21/h5,8,10,14-15,18,25H,1,6-7,9,11-13H2,2-4H3. The molecule has 32 heavy (non-hydrogen) atoms. The van der Waals surface area contributed by atoms with Gasteiger partial charge in [0.15, 0.2) is 0 Å². The van der Waals surface area contributed by atoms with Gasteiger partial charge in [0.25, 0.3) is 11.5 Å². The molecular weight excluding hydrogens is 404 g/mol. The second-order valence-electron chi connectivity index (χ2n) is 8.46. The maximum Gasteiger partial charge on any atom is 0.275 e. The summed E-state index contributed by atoms with van der Waals surface area (Å²) in [6, 6.07) is 3.93. The lowest BCUT2D eigenvalue weighted by Crippen LogP contribution is -2.38. The molecule has 1 saturated heterocycles. The molecule has 1 unspecified atom stereocenters. The van der Waals surface area contributed by atoms with Crippen LogP contribution in [0.25, 0.3) is 10.9 Å². The normalized spacial score (nSPS) is 16.7. The molecule has 0 bridgehead atoms. The van der Waals surface area contributed by atoms with Gasteiger partial charge in [0.1, 0.15) is 17.2 Å². The minimum atomic E-state index is -0.148. The van der Waals surface area contributed by atoms with E-state index in [0.29, 0.717) is 23.0 Å². The van der Waals surface area contributed by atoms with Crippen molar-refractivity contribution in [3.8, 4) is 0 Å². The number of nitrogens with one attached hydrogen (secondary N) is 1. The SMILES string of the molecule is C=CCn1cc(C(=O)N(C)C2CCCN(c3cc(C)nc(C)n3)CC2)c2cc[nH]c2c1=O. The van der Waals surface area contributed by atoms with Gasteiger partial charge in [0, 0.05) is 62.3 Å². The summed E-state index contributed by atoms with van der Waals surface area (Å²) in [5.74, 6) is 1.66. The van der Waals surface area contributed by atoms with E-state index in [0.717, 1.165) is 49.7 Å². The minimum Gasteiger partial charge on any atom is -0.357 e. The second kappa shape index (κ2) is 8.98. The number of carbonyl (C=O) groups excluding carboxylic acids is 1. The van der Waals surface area contributed by atoms with E-state index in [9.17, 15) is 9.59 Å². The number of carbonyl (C=O) groups is 1. The van der Waals surface area contributed by atoms with Crippen molar-refractivity contribution in [3.05, 3.63) is 64.6 Å². The van der Waals surface area contributed by atoms with Gasteiger partial charge in [-0.25, -0.2) is 9.97 Å². The van der Waals surface area contributed by atoms with Crippen LogP contribution in [0.15, 0.2) is 42.0 Å². The number of pyridine rings is 1. The molecule has 1 amide bonds. The topological polar surface area (TPSA) is 87.1 Å². The van der Waals surface area contributed by atoms with Crippen LogP contribution in [0, 0.1) is 13.8 Å². The van der Waals surface area contributed by atoms with E-state index >= 15 is 0 Å². The van der Waals surface area contributed by atoms with Crippen LogP contribution in [-0.4, -0.2) is 56.5 Å². The van der Waals surface area contributed by atoms with Crippen LogP contribution in [0.2, 0.25) is 0 Å². The van der Waals surface area contributed by atoms with E-state index in [1.54, 1.807) is 24.5 Å². The highest BCUT2D eigenvalue weighted by Crippen LogP contribution is 2.23. The molecule has 1 aliphatic rings. The van der Waals surface area contributed by atoms with Crippen LogP contribution in [0.5, 0.6) is 0 Å². The number of aromatic nitrogens is 4. The molecule has 168 valence electrons. The third kappa shape index (κ3) is 4.17. The fourth-order valence-corrected chi connectivity index (χ4v) is 4.55. The molecule has 1 atom stereocenters. The molecule has 0 radical (unpaired) electrons. The van der Waals surface area contributed by atoms with Crippen LogP contribution in [0.3, 0.4) is 0 Å². The van der Waals surface area contributed by atoms with Gasteiger partial charge >= 0.3 is 0 Å². The Hall–Kier alpha value is -3.42. The van der Waals surface area contributed by atoms with E-state index in [2.05, 4.69) is 26.4 Å². The van der Waals surface area contributed by atoms with Gasteiger partial charge in [-0.1, -0.05) is 6.08 Å². The molecule has 1 aliphatic heterocycles. The fraction of sp³-hybridized carbons (Fsp3) is 0.417. The summed E-state index contributed by atoms with van der Waals surface area (Å²) in [7, 11) is 1.86. The monoisotopic (exact) mass is 434 g/mol. The highest BCUT2D eigenvalue weighted by Gasteiger charge is 2.27. The van der Waals surface area contributed by atoms with Gasteiger partial charge in [0.2, 0.25) is 0 Å². The van der Waals surface area contributed by atoms with Gasteiger partial charge in [-0.15, -0.1) is 6.58 Å². The number of allylic oxidation sites excluding steroid dienone is 1. The summed E-state index contributed by atoms with van der Waals surface area (Å²) in [6.07, 6.45) is 7.77. The lowest BCUT2D eigenvalue weighted by atomic mass is 10.1. The number of fused-ring (bicyclic) bond motifs is 1. The van der Waals surface area contributed by atoms with Crippen molar-refractivity contribution in [1.29, 1.82) is 0 Å². The Balaban J connectivity index is 1.56. The summed E-state index contributed by atoms with van der Waals surface area (Å²) < 4.78 is 1.53. The number of hydrogen-bond donors (Lipinski definition) is 1. The number of amides is 1. The summed E-state index contributed by atoms with van der Waals surface area (Å²) in [4.78, 5) is 42.2. The van der Waals surface area contributed by atoms with Crippen LogP contribution in [-0.2, 0) is 6.54 Å². The molecule has 0 saturated carbocycles. The quantitative estimate of drug-likeness (QED) is 0.624. The summed E-state index contributed by atoms with van der Waals surface area (Å²) in [5.41, 5.74) is 1.80. The molecule has 4 rings (SSSR count). The Labute approximate surface area is 187 Å². The Morgan fingerprint density at radius 2 is 2.12 bits per heavy atom. The van der Waals surface area contributed by atoms with Gasteiger partial charge < -0.3 is 19.4 Å². The smallest absolute Gasteiger partial charge is 0.275 e. The molecule has 0 spiro atoms. The van der Waals surface area contributed by atoms with E-state index in [1.165, 1.54) is 4.57 Å². The van der Waals surface area contributed by atoms with E-state index in [-0.39, 0.29) is 17.5 Å². The number of rotatable bonds is 5. The third-order valence-electron chi connectivity index (χ3n) is 6.20. The summed E-state index contributed by atoms with van der Waals surface area (Å²) in [6.45, 7) is 9.71. The van der Waals surface area contributed by atoms with Gasteiger partial charge in [-0.2, -0.15) is 0 Å². The summed E-state index contributed by atoms with van der Waals surface area (Å²) in [5, 5.41) is 0.661. The molecule has 3 aromatic rings. The lowest BCUT2D eigenvalue weighted by Gasteiger charge is -2.28. The first-order valence-corrected chi connectivity index (χ1v) is 11.0. The number of anilines is 1. The number of H-pyrrole nitrogens is 1. The van der Waals surface area contributed by atoms with E-state index < -0.39 is 0 Å². The maximum atomic E-state index is 13.5. The van der Waals surface area contributed by atoms with Crippen molar-refractivity contribution in [1.82, 2.24) is 24.4 Å². The molecule has 1 N–H and O–H groups in total. The third-order valence-corrected chi connectivity index (χ3v) is 6.20. The van der Waals surface area contributed by atoms with Crippen LogP contribution in [0.1, 0.15) is 41.1 Å². The molecule has 0 aromatic carbocycles. The number of nitrogens with zero attached hydrogens (tertiary/aromatic N) is 5. The first kappa shape index (κ1) is 21.8. The van der Waals surface area contributed by atoms with E-state index in [4.69, 9.17) is 0 Å². The maximum absolute atomic E-state index is 13.5. The zero-order valence-electron chi connectivity index (χ0n) is 19.0. The van der Waals surface area contributed by atoms with Crippen LogP contribution in [0.4, 0.5) is 5.82 Å². The van der Waals surface area contributed by atoms with E-state index in [1.807, 2.05) is 31.9 Å². The molecule has 3 aromatic heterocycles. The number of hydrogen-bond acceptors (Lipinski definition) is 5. The Bertz CT molecular complexity index is 1190. The Morgan fingerprint density at radius 3 is 2.88 bits per heavy atom. The lowest BCUT2D eigenvalue weighted by molar-refractivity contribution is 0.0722. The minimum absolute atomic E-state index is 0.0698. The predicted octanol–water partition coefficient (Wildman–Crippen LogP) is 3.05. The highest BCUT2D eigenvalue weighted by atomic mass is 16.2. The Morgan fingerprint density at radius 1 is 1.31 bits per heavy atom. The molecule has 0 aliphatic carbocycles. The zero-order chi connectivity index (χ0) is 22.8. The Kier molecular flexibility index (Phi) is 6.12. The van der Waals surface area contributed by atoms with Crippen molar-refractivity contribution < 1.29 is 4.79 Å². The van der Waals surface area contributed by atoms with Crippen molar-refractivity contribution >= 4 is 22.6 Å². The van der Waals surface area contributed by atoms with Crippen LogP contribution < -0.4 is 10.5 Å². The molecule has 8 nitrogen and oxygen atoms in total. The number of aryl methyl sites for hydroxylation is 2. The van der Waals surface area contributed by atoms with Crippen molar-refractivity contribution in [2.45, 2.75) is 45.7 Å². The molecule has 1 fully saturated rings. The van der Waals surface area contributed by atoms with Gasteiger partial charge in [-0.3, -0.25) is 9.59 Å².